The molecule has 0 bridgehead atoms. The second-order valence-electron chi connectivity index (χ2n) is 4.23. The zero-order chi connectivity index (χ0) is 13.1. The maximum absolute atomic E-state index is 6.07. The van der Waals surface area contributed by atoms with E-state index in [-0.39, 0.29) is 0 Å². The second kappa shape index (κ2) is 5.31. The highest BCUT2D eigenvalue weighted by molar-refractivity contribution is 7.10. The van der Waals surface area contributed by atoms with Crippen LogP contribution < -0.4 is 15.4 Å². The highest BCUT2D eigenvalue weighted by Crippen LogP contribution is 2.33. The molecule has 3 nitrogen and oxygen atoms in total. The summed E-state index contributed by atoms with van der Waals surface area (Å²) in [7, 11) is 3.70. The number of benzene rings is 1. The molecule has 1 unspecified atom stereocenters. The van der Waals surface area contributed by atoms with Crippen molar-refractivity contribution in [2.24, 2.45) is 0 Å². The Bertz CT molecular complexity index is 511. The van der Waals surface area contributed by atoms with E-state index in [2.05, 4.69) is 36.4 Å². The summed E-state index contributed by atoms with van der Waals surface area (Å²) in [5, 5.41) is 2.09. The fourth-order valence-corrected chi connectivity index (χ4v) is 2.74. The van der Waals surface area contributed by atoms with Crippen LogP contribution in [0, 0.1) is 0 Å². The summed E-state index contributed by atoms with van der Waals surface area (Å²) in [6, 6.07) is 10.3. The summed E-state index contributed by atoms with van der Waals surface area (Å²) in [4.78, 5) is 3.51. The zero-order valence-corrected chi connectivity index (χ0v) is 11.7. The van der Waals surface area contributed by atoms with Gasteiger partial charge in [0.05, 0.1) is 24.5 Å². The molecule has 1 atom stereocenters. The Hall–Kier alpha value is -1.68. The van der Waals surface area contributed by atoms with Crippen LogP contribution in [0.3, 0.4) is 0 Å². The largest absolute Gasteiger partial charge is 0.497 e. The van der Waals surface area contributed by atoms with Gasteiger partial charge in [-0.15, -0.1) is 11.3 Å². The number of thiophene rings is 1. The molecule has 4 heteroatoms. The van der Waals surface area contributed by atoms with Gasteiger partial charge in [-0.3, -0.25) is 0 Å². The van der Waals surface area contributed by atoms with E-state index in [0.29, 0.717) is 6.04 Å². The maximum atomic E-state index is 6.07. The van der Waals surface area contributed by atoms with Crippen LogP contribution in [0.25, 0.3) is 0 Å². The van der Waals surface area contributed by atoms with Crippen LogP contribution in [-0.2, 0) is 0 Å². The maximum Gasteiger partial charge on any atom is 0.121 e. The molecule has 2 N–H and O–H groups in total. The number of rotatable bonds is 4. The molecule has 0 aliphatic carbocycles. The Kier molecular flexibility index (Phi) is 3.77. The van der Waals surface area contributed by atoms with Crippen LogP contribution in [0.1, 0.15) is 17.8 Å². The van der Waals surface area contributed by atoms with Gasteiger partial charge in [-0.05, 0) is 30.5 Å². The molecule has 0 amide bonds. The van der Waals surface area contributed by atoms with Crippen molar-refractivity contribution in [1.29, 1.82) is 0 Å². The molecule has 2 rings (SSSR count). The summed E-state index contributed by atoms with van der Waals surface area (Å²) in [6.45, 7) is 2.18. The van der Waals surface area contributed by atoms with Crippen LogP contribution in [0.2, 0.25) is 0 Å². The van der Waals surface area contributed by atoms with Gasteiger partial charge in [0.25, 0.3) is 0 Å². The minimum absolute atomic E-state index is 0.306. The summed E-state index contributed by atoms with van der Waals surface area (Å²) in [5.41, 5.74) is 7.83. The molecule has 18 heavy (non-hydrogen) atoms. The molecule has 0 saturated carbocycles. The highest BCUT2D eigenvalue weighted by Gasteiger charge is 2.15. The van der Waals surface area contributed by atoms with E-state index in [1.165, 1.54) is 4.88 Å². The van der Waals surface area contributed by atoms with E-state index < -0.39 is 0 Å². The van der Waals surface area contributed by atoms with Crippen molar-refractivity contribution in [3.05, 3.63) is 40.6 Å². The van der Waals surface area contributed by atoms with Gasteiger partial charge in [0.2, 0.25) is 0 Å². The van der Waals surface area contributed by atoms with Crippen LogP contribution in [-0.4, -0.2) is 14.2 Å². The van der Waals surface area contributed by atoms with Crippen molar-refractivity contribution in [3.8, 4) is 5.75 Å². The fraction of sp³-hybridized carbons (Fsp3) is 0.286. The fourth-order valence-electron chi connectivity index (χ4n) is 1.91. The molecule has 0 radical (unpaired) electrons. The Labute approximate surface area is 112 Å². The quantitative estimate of drug-likeness (QED) is 0.857. The second-order valence-corrected chi connectivity index (χ2v) is 5.21. The topological polar surface area (TPSA) is 38.5 Å². The van der Waals surface area contributed by atoms with E-state index in [1.54, 1.807) is 18.4 Å². The molecule has 1 aromatic carbocycles. The third-order valence-electron chi connectivity index (χ3n) is 3.15. The average Bonchev–Trinajstić information content (AvgIpc) is 2.90. The Balaban J connectivity index is 2.26. The first-order chi connectivity index (χ1) is 8.63. The van der Waals surface area contributed by atoms with Crippen molar-refractivity contribution < 1.29 is 4.74 Å². The summed E-state index contributed by atoms with van der Waals surface area (Å²) < 4.78 is 5.17. The van der Waals surface area contributed by atoms with E-state index >= 15 is 0 Å². The third-order valence-corrected chi connectivity index (χ3v) is 4.19. The summed E-state index contributed by atoms with van der Waals surface area (Å²) in [6.07, 6.45) is 0. The number of anilines is 2. The highest BCUT2D eigenvalue weighted by atomic mass is 32.1. The first-order valence-electron chi connectivity index (χ1n) is 5.83. The first-order valence-corrected chi connectivity index (χ1v) is 6.71. The lowest BCUT2D eigenvalue weighted by atomic mass is 10.2. The normalized spacial score (nSPS) is 12.2. The molecule has 2 aromatic rings. The Morgan fingerprint density at radius 2 is 2.11 bits per heavy atom. The van der Waals surface area contributed by atoms with E-state index in [1.807, 2.05) is 18.2 Å². The molecular formula is C14H18N2OS. The minimum atomic E-state index is 0.306. The molecule has 96 valence electrons. The standard InChI is InChI=1S/C14H18N2OS/c1-10(14-5-4-8-18-14)16(2)13-7-6-11(17-3)9-12(13)15/h4-10H,15H2,1-3H3. The van der Waals surface area contributed by atoms with Gasteiger partial charge in [-0.2, -0.15) is 0 Å². The van der Waals surface area contributed by atoms with Crippen molar-refractivity contribution >= 4 is 22.7 Å². The summed E-state index contributed by atoms with van der Waals surface area (Å²) in [5.74, 6) is 0.786. The number of nitrogen functional groups attached to an aromatic ring is 1. The predicted molar refractivity (Wildman–Crippen MR) is 78.5 cm³/mol. The SMILES string of the molecule is COc1ccc(N(C)C(C)c2cccs2)c(N)c1. The lowest BCUT2D eigenvalue weighted by Crippen LogP contribution is -2.21. The lowest BCUT2D eigenvalue weighted by molar-refractivity contribution is 0.415. The molecule has 0 spiro atoms. The average molecular weight is 262 g/mol. The van der Waals surface area contributed by atoms with E-state index in [4.69, 9.17) is 10.5 Å². The molecule has 0 fully saturated rings. The van der Waals surface area contributed by atoms with E-state index in [9.17, 15) is 0 Å². The third kappa shape index (κ3) is 2.43. The van der Waals surface area contributed by atoms with Gasteiger partial charge >= 0.3 is 0 Å². The van der Waals surface area contributed by atoms with Gasteiger partial charge in [0.15, 0.2) is 0 Å². The van der Waals surface area contributed by atoms with Crippen LogP contribution in [0.4, 0.5) is 11.4 Å². The van der Waals surface area contributed by atoms with Gasteiger partial charge < -0.3 is 15.4 Å². The number of nitrogens with zero attached hydrogens (tertiary/aromatic N) is 1. The number of methoxy groups -OCH3 is 1. The molecule has 0 aliphatic rings. The number of nitrogens with two attached hydrogens (primary N) is 1. The van der Waals surface area contributed by atoms with Gasteiger partial charge in [0, 0.05) is 18.0 Å². The van der Waals surface area contributed by atoms with Crippen LogP contribution in [0.5, 0.6) is 5.75 Å². The Morgan fingerprint density at radius 1 is 1.33 bits per heavy atom. The van der Waals surface area contributed by atoms with Crippen LogP contribution in [0.15, 0.2) is 35.7 Å². The van der Waals surface area contributed by atoms with Crippen molar-refractivity contribution in [1.82, 2.24) is 0 Å². The number of ether oxygens (including phenoxy) is 1. The zero-order valence-electron chi connectivity index (χ0n) is 10.9. The number of hydrogen-bond acceptors (Lipinski definition) is 4. The van der Waals surface area contributed by atoms with Gasteiger partial charge in [-0.25, -0.2) is 0 Å². The molecule has 0 aliphatic heterocycles. The first kappa shape index (κ1) is 12.8. The Morgan fingerprint density at radius 3 is 2.67 bits per heavy atom. The van der Waals surface area contributed by atoms with Crippen molar-refractivity contribution in [2.45, 2.75) is 13.0 Å². The van der Waals surface area contributed by atoms with Gasteiger partial charge in [0.1, 0.15) is 5.75 Å². The lowest BCUT2D eigenvalue weighted by Gasteiger charge is -2.27. The monoisotopic (exact) mass is 262 g/mol. The smallest absolute Gasteiger partial charge is 0.121 e. The van der Waals surface area contributed by atoms with Crippen molar-refractivity contribution in [2.75, 3.05) is 24.8 Å². The van der Waals surface area contributed by atoms with E-state index in [0.717, 1.165) is 17.1 Å². The number of hydrogen-bond donors (Lipinski definition) is 1. The molecule has 1 aromatic heterocycles. The summed E-state index contributed by atoms with van der Waals surface area (Å²) >= 11 is 1.76. The molecular weight excluding hydrogens is 244 g/mol. The van der Waals surface area contributed by atoms with Crippen molar-refractivity contribution in [3.63, 3.8) is 0 Å². The van der Waals surface area contributed by atoms with Crippen LogP contribution >= 0.6 is 11.3 Å². The van der Waals surface area contributed by atoms with Gasteiger partial charge in [-0.1, -0.05) is 6.07 Å². The molecule has 0 saturated heterocycles. The predicted octanol–water partition coefficient (Wildman–Crippen LogP) is 3.54. The minimum Gasteiger partial charge on any atom is -0.497 e. The molecule has 1 heterocycles.